The highest BCUT2D eigenvalue weighted by Crippen LogP contribution is 2.42. The second kappa shape index (κ2) is 8.63. The second-order valence-electron chi connectivity index (χ2n) is 7.85. The highest BCUT2D eigenvalue weighted by Gasteiger charge is 2.31. The van der Waals surface area contributed by atoms with Crippen LogP contribution in [-0.2, 0) is 4.79 Å². The zero-order chi connectivity index (χ0) is 22.1. The standard InChI is InChI=1S/C24H23N5O2S/c1-2-22(31)26-16-9-7-15(8-10-16)21(30)14-32-24-28-27-23(29(24)17-11-12-17)19-13-25-20-6-4-3-5-18(19)20/h3-10,13,17,25H,2,11-12,14H2,1H3,(H,26,31). The molecule has 1 aliphatic rings. The molecule has 1 amide bonds. The summed E-state index contributed by atoms with van der Waals surface area (Å²) in [7, 11) is 0. The zero-order valence-corrected chi connectivity index (χ0v) is 18.5. The summed E-state index contributed by atoms with van der Waals surface area (Å²) in [4.78, 5) is 27.6. The van der Waals surface area contributed by atoms with Crippen molar-refractivity contribution in [3.8, 4) is 11.4 Å². The molecule has 0 radical (unpaired) electrons. The summed E-state index contributed by atoms with van der Waals surface area (Å²) in [6.45, 7) is 1.80. The van der Waals surface area contributed by atoms with E-state index in [1.165, 1.54) is 11.8 Å². The van der Waals surface area contributed by atoms with Crippen molar-refractivity contribution in [2.75, 3.05) is 11.1 Å². The van der Waals surface area contributed by atoms with Gasteiger partial charge in [-0.25, -0.2) is 0 Å². The summed E-state index contributed by atoms with van der Waals surface area (Å²) in [5, 5.41) is 13.6. The molecule has 1 fully saturated rings. The smallest absolute Gasteiger partial charge is 0.224 e. The van der Waals surface area contributed by atoms with Gasteiger partial charge in [-0.15, -0.1) is 10.2 Å². The Kier molecular flexibility index (Phi) is 5.53. The topological polar surface area (TPSA) is 92.7 Å². The van der Waals surface area contributed by atoms with Crippen LogP contribution in [0.3, 0.4) is 0 Å². The van der Waals surface area contributed by atoms with Gasteiger partial charge in [-0.2, -0.15) is 0 Å². The number of thioether (sulfide) groups is 1. The molecule has 0 spiro atoms. The lowest BCUT2D eigenvalue weighted by molar-refractivity contribution is -0.115. The first-order chi connectivity index (χ1) is 15.6. The number of nitrogens with one attached hydrogen (secondary N) is 2. The van der Waals surface area contributed by atoms with E-state index in [4.69, 9.17) is 0 Å². The first-order valence-corrected chi connectivity index (χ1v) is 11.7. The van der Waals surface area contributed by atoms with Crippen molar-refractivity contribution in [3.05, 3.63) is 60.3 Å². The van der Waals surface area contributed by atoms with Gasteiger partial charge in [0.2, 0.25) is 5.91 Å². The SMILES string of the molecule is CCC(=O)Nc1ccc(C(=O)CSc2nnc(-c3c[nH]c4ccccc34)n2C2CC2)cc1. The number of carbonyl (C=O) groups is 2. The molecule has 8 heteroatoms. The second-order valence-corrected chi connectivity index (χ2v) is 8.79. The molecule has 32 heavy (non-hydrogen) atoms. The van der Waals surface area contributed by atoms with Crippen molar-refractivity contribution >= 4 is 40.0 Å². The molecule has 5 rings (SSSR count). The van der Waals surface area contributed by atoms with Crippen LogP contribution in [0.15, 0.2) is 59.9 Å². The molecule has 0 aliphatic heterocycles. The Balaban J connectivity index is 1.33. The van der Waals surface area contributed by atoms with E-state index in [1.54, 1.807) is 31.2 Å². The number of para-hydroxylation sites is 1. The molecule has 4 aromatic rings. The maximum absolute atomic E-state index is 12.7. The van der Waals surface area contributed by atoms with E-state index in [-0.39, 0.29) is 17.4 Å². The Labute approximate surface area is 189 Å². The minimum atomic E-state index is -0.0509. The number of amides is 1. The summed E-state index contributed by atoms with van der Waals surface area (Å²) in [6.07, 6.45) is 4.59. The van der Waals surface area contributed by atoms with Crippen LogP contribution in [0.4, 0.5) is 5.69 Å². The number of nitrogens with zero attached hydrogens (tertiary/aromatic N) is 3. The lowest BCUT2D eigenvalue weighted by Crippen LogP contribution is -2.10. The number of H-pyrrole nitrogens is 1. The molecule has 0 unspecified atom stereocenters. The number of hydrogen-bond donors (Lipinski definition) is 2. The van der Waals surface area contributed by atoms with Crippen molar-refractivity contribution in [3.63, 3.8) is 0 Å². The molecule has 7 nitrogen and oxygen atoms in total. The van der Waals surface area contributed by atoms with Gasteiger partial charge in [0, 0.05) is 46.4 Å². The normalized spacial score (nSPS) is 13.4. The highest BCUT2D eigenvalue weighted by atomic mass is 32.2. The lowest BCUT2D eigenvalue weighted by Gasteiger charge is -2.08. The third-order valence-corrected chi connectivity index (χ3v) is 6.49. The van der Waals surface area contributed by atoms with Crippen molar-refractivity contribution < 1.29 is 9.59 Å². The maximum atomic E-state index is 12.7. The summed E-state index contributed by atoms with van der Waals surface area (Å²) in [5.74, 6) is 1.09. The fourth-order valence-corrected chi connectivity index (χ4v) is 4.58. The molecular weight excluding hydrogens is 422 g/mol. The number of aromatic amines is 1. The lowest BCUT2D eigenvalue weighted by atomic mass is 10.1. The molecule has 2 heterocycles. The van der Waals surface area contributed by atoms with Crippen molar-refractivity contribution in [1.29, 1.82) is 0 Å². The fourth-order valence-electron chi connectivity index (χ4n) is 3.68. The summed E-state index contributed by atoms with van der Waals surface area (Å²) >= 11 is 1.42. The van der Waals surface area contributed by atoms with E-state index in [1.807, 2.05) is 24.4 Å². The predicted molar refractivity (Wildman–Crippen MR) is 126 cm³/mol. The molecule has 0 atom stereocenters. The van der Waals surface area contributed by atoms with Gasteiger partial charge < -0.3 is 10.3 Å². The van der Waals surface area contributed by atoms with E-state index in [0.29, 0.717) is 23.7 Å². The summed E-state index contributed by atoms with van der Waals surface area (Å²) < 4.78 is 2.18. The number of rotatable bonds is 8. The van der Waals surface area contributed by atoms with Crippen LogP contribution in [0.1, 0.15) is 42.6 Å². The predicted octanol–water partition coefficient (Wildman–Crippen LogP) is 5.08. The Hall–Kier alpha value is -3.39. The number of ketones is 1. The Bertz CT molecular complexity index is 1290. The van der Waals surface area contributed by atoms with E-state index >= 15 is 0 Å². The van der Waals surface area contributed by atoms with Gasteiger partial charge in [-0.05, 0) is 43.2 Å². The molecule has 2 aromatic heterocycles. The molecule has 2 aromatic carbocycles. The quantitative estimate of drug-likeness (QED) is 0.291. The molecule has 162 valence electrons. The van der Waals surface area contributed by atoms with Crippen LogP contribution in [0, 0.1) is 0 Å². The number of hydrogen-bond acceptors (Lipinski definition) is 5. The van der Waals surface area contributed by atoms with Crippen LogP contribution >= 0.6 is 11.8 Å². The number of Topliss-reactive ketones (excluding diaryl/α,β-unsaturated/α-hetero) is 1. The van der Waals surface area contributed by atoms with Crippen LogP contribution < -0.4 is 5.32 Å². The van der Waals surface area contributed by atoms with Gasteiger partial charge in [0.05, 0.1) is 5.75 Å². The average molecular weight is 446 g/mol. The largest absolute Gasteiger partial charge is 0.360 e. The summed E-state index contributed by atoms with van der Waals surface area (Å²) in [6, 6.07) is 15.5. The van der Waals surface area contributed by atoms with Gasteiger partial charge in [0.15, 0.2) is 16.8 Å². The number of anilines is 1. The molecule has 0 bridgehead atoms. The molecule has 1 saturated carbocycles. The maximum Gasteiger partial charge on any atom is 0.224 e. The first kappa shape index (κ1) is 20.5. The van der Waals surface area contributed by atoms with E-state index in [0.717, 1.165) is 40.3 Å². The van der Waals surface area contributed by atoms with Gasteiger partial charge in [0.1, 0.15) is 0 Å². The van der Waals surface area contributed by atoms with Gasteiger partial charge in [-0.1, -0.05) is 36.9 Å². The minimum Gasteiger partial charge on any atom is -0.360 e. The molecule has 2 N–H and O–H groups in total. The van der Waals surface area contributed by atoms with Crippen molar-refractivity contribution in [2.24, 2.45) is 0 Å². The fraction of sp³-hybridized carbons (Fsp3) is 0.250. The number of benzene rings is 2. The van der Waals surface area contributed by atoms with Gasteiger partial charge >= 0.3 is 0 Å². The summed E-state index contributed by atoms with van der Waals surface area (Å²) in [5.41, 5.74) is 3.40. The highest BCUT2D eigenvalue weighted by molar-refractivity contribution is 7.99. The minimum absolute atomic E-state index is 0.0161. The third-order valence-electron chi connectivity index (χ3n) is 5.55. The third kappa shape index (κ3) is 4.05. The average Bonchev–Trinajstić information content (AvgIpc) is 3.43. The Morgan fingerprint density at radius 2 is 1.91 bits per heavy atom. The van der Waals surface area contributed by atoms with Crippen LogP contribution in [0.5, 0.6) is 0 Å². The number of aromatic nitrogens is 4. The van der Waals surface area contributed by atoms with E-state index in [2.05, 4.69) is 31.1 Å². The van der Waals surface area contributed by atoms with Gasteiger partial charge in [0.25, 0.3) is 0 Å². The Morgan fingerprint density at radius 1 is 1.12 bits per heavy atom. The Morgan fingerprint density at radius 3 is 2.66 bits per heavy atom. The van der Waals surface area contributed by atoms with Crippen LogP contribution in [0.25, 0.3) is 22.3 Å². The van der Waals surface area contributed by atoms with Crippen molar-refractivity contribution in [1.82, 2.24) is 19.7 Å². The number of carbonyl (C=O) groups excluding carboxylic acids is 2. The number of fused-ring (bicyclic) bond motifs is 1. The van der Waals surface area contributed by atoms with Gasteiger partial charge in [-0.3, -0.25) is 14.2 Å². The first-order valence-electron chi connectivity index (χ1n) is 10.7. The monoisotopic (exact) mass is 445 g/mol. The zero-order valence-electron chi connectivity index (χ0n) is 17.7. The molecule has 1 aliphatic carbocycles. The van der Waals surface area contributed by atoms with E-state index in [9.17, 15) is 9.59 Å². The van der Waals surface area contributed by atoms with Crippen LogP contribution in [-0.4, -0.2) is 37.2 Å². The van der Waals surface area contributed by atoms with Crippen LogP contribution in [0.2, 0.25) is 0 Å². The molecule has 0 saturated heterocycles. The van der Waals surface area contributed by atoms with Crippen molar-refractivity contribution in [2.45, 2.75) is 37.4 Å². The molecular formula is C24H23N5O2S. The van der Waals surface area contributed by atoms with E-state index < -0.39 is 0 Å².